The SMILES string of the molecule is CC(C(=O)NC(C)(C)C)N(Cc1ccccc1F)C(=O)CN(c1ccc(Cl)cc1)S(=O)(=O)c1ccccc1. The average molecular weight is 560 g/mol. The van der Waals surface area contributed by atoms with Crippen LogP contribution in [0.4, 0.5) is 10.1 Å². The Morgan fingerprint density at radius 1 is 0.947 bits per heavy atom. The molecule has 1 atom stereocenters. The Labute approximate surface area is 228 Å². The second kappa shape index (κ2) is 12.0. The summed E-state index contributed by atoms with van der Waals surface area (Å²) in [5.41, 5.74) is -0.172. The van der Waals surface area contributed by atoms with Crippen LogP contribution in [-0.2, 0) is 26.2 Å². The van der Waals surface area contributed by atoms with E-state index in [1.54, 1.807) is 45.0 Å². The molecule has 2 amide bonds. The van der Waals surface area contributed by atoms with Gasteiger partial charge in [-0.2, -0.15) is 0 Å². The molecule has 1 unspecified atom stereocenters. The highest BCUT2D eigenvalue weighted by molar-refractivity contribution is 7.92. The van der Waals surface area contributed by atoms with Gasteiger partial charge < -0.3 is 10.2 Å². The summed E-state index contributed by atoms with van der Waals surface area (Å²) in [6.07, 6.45) is 0. The molecule has 3 aromatic carbocycles. The van der Waals surface area contributed by atoms with Gasteiger partial charge in [0, 0.05) is 22.7 Å². The Bertz CT molecular complexity index is 1380. The van der Waals surface area contributed by atoms with Crippen LogP contribution in [0.25, 0.3) is 0 Å². The lowest BCUT2D eigenvalue weighted by Gasteiger charge is -2.33. The van der Waals surface area contributed by atoms with E-state index >= 15 is 0 Å². The van der Waals surface area contributed by atoms with Crippen molar-refractivity contribution in [2.45, 2.75) is 50.7 Å². The van der Waals surface area contributed by atoms with Crippen molar-refractivity contribution in [3.8, 4) is 0 Å². The average Bonchev–Trinajstić information content (AvgIpc) is 2.86. The number of carbonyl (C=O) groups excluding carboxylic acids is 2. The zero-order chi connectivity index (χ0) is 28.1. The molecule has 0 saturated heterocycles. The molecule has 0 aliphatic heterocycles. The summed E-state index contributed by atoms with van der Waals surface area (Å²) in [6, 6.07) is 18.6. The summed E-state index contributed by atoms with van der Waals surface area (Å²) in [6.45, 7) is 6.07. The lowest BCUT2D eigenvalue weighted by atomic mass is 10.1. The van der Waals surface area contributed by atoms with Gasteiger partial charge in [0.25, 0.3) is 10.0 Å². The maximum absolute atomic E-state index is 14.6. The zero-order valence-electron chi connectivity index (χ0n) is 21.7. The highest BCUT2D eigenvalue weighted by Gasteiger charge is 2.33. The van der Waals surface area contributed by atoms with Crippen molar-refractivity contribution in [3.63, 3.8) is 0 Å². The highest BCUT2D eigenvalue weighted by Crippen LogP contribution is 2.26. The largest absolute Gasteiger partial charge is 0.350 e. The Hall–Kier alpha value is -3.43. The Kier molecular flexibility index (Phi) is 9.17. The third-order valence-corrected chi connectivity index (χ3v) is 7.73. The highest BCUT2D eigenvalue weighted by atomic mass is 35.5. The fraction of sp³-hybridized carbons (Fsp3) is 0.286. The van der Waals surface area contributed by atoms with E-state index in [9.17, 15) is 22.4 Å². The van der Waals surface area contributed by atoms with E-state index in [4.69, 9.17) is 11.6 Å². The fourth-order valence-electron chi connectivity index (χ4n) is 3.72. The minimum atomic E-state index is -4.18. The molecular formula is C28H31ClFN3O4S. The van der Waals surface area contributed by atoms with E-state index in [2.05, 4.69) is 5.32 Å². The molecule has 202 valence electrons. The predicted molar refractivity (Wildman–Crippen MR) is 147 cm³/mol. The van der Waals surface area contributed by atoms with Gasteiger partial charge in [0.2, 0.25) is 11.8 Å². The number of hydrogen-bond acceptors (Lipinski definition) is 4. The molecule has 0 fully saturated rings. The van der Waals surface area contributed by atoms with Gasteiger partial charge in [0.05, 0.1) is 10.6 Å². The first-order valence-corrected chi connectivity index (χ1v) is 13.8. The molecule has 38 heavy (non-hydrogen) atoms. The first-order valence-electron chi connectivity index (χ1n) is 12.0. The summed E-state index contributed by atoms with van der Waals surface area (Å²) in [4.78, 5) is 28.0. The molecule has 0 saturated carbocycles. The van der Waals surface area contributed by atoms with Gasteiger partial charge in [-0.3, -0.25) is 13.9 Å². The number of sulfonamides is 1. The Morgan fingerprint density at radius 3 is 2.11 bits per heavy atom. The lowest BCUT2D eigenvalue weighted by molar-refractivity contribution is -0.140. The van der Waals surface area contributed by atoms with E-state index in [0.29, 0.717) is 5.02 Å². The quantitative estimate of drug-likeness (QED) is 0.399. The second-order valence-corrected chi connectivity index (χ2v) is 12.1. The molecule has 0 heterocycles. The number of carbonyl (C=O) groups is 2. The molecule has 1 N–H and O–H groups in total. The maximum atomic E-state index is 14.6. The van der Waals surface area contributed by atoms with E-state index in [0.717, 1.165) is 4.31 Å². The van der Waals surface area contributed by atoms with Crippen molar-refractivity contribution >= 4 is 39.1 Å². The first kappa shape index (κ1) is 29.1. The van der Waals surface area contributed by atoms with Gasteiger partial charge >= 0.3 is 0 Å². The molecule has 0 aliphatic rings. The zero-order valence-corrected chi connectivity index (χ0v) is 23.3. The topological polar surface area (TPSA) is 86.8 Å². The number of rotatable bonds is 9. The number of nitrogens with one attached hydrogen (secondary N) is 1. The van der Waals surface area contributed by atoms with E-state index in [1.165, 1.54) is 66.4 Å². The number of hydrogen-bond donors (Lipinski definition) is 1. The minimum absolute atomic E-state index is 0.0121. The third-order valence-electron chi connectivity index (χ3n) is 5.69. The summed E-state index contributed by atoms with van der Waals surface area (Å²) in [7, 11) is -4.18. The van der Waals surface area contributed by atoms with Crippen LogP contribution >= 0.6 is 11.6 Å². The van der Waals surface area contributed by atoms with Crippen LogP contribution in [0.5, 0.6) is 0 Å². The van der Waals surface area contributed by atoms with Crippen molar-refractivity contribution in [3.05, 3.63) is 95.3 Å². The van der Waals surface area contributed by atoms with E-state index in [1.807, 2.05) is 0 Å². The monoisotopic (exact) mass is 559 g/mol. The van der Waals surface area contributed by atoms with Crippen LogP contribution < -0.4 is 9.62 Å². The van der Waals surface area contributed by atoms with Crippen molar-refractivity contribution in [1.82, 2.24) is 10.2 Å². The van der Waals surface area contributed by atoms with Crippen LogP contribution in [-0.4, -0.2) is 43.3 Å². The summed E-state index contributed by atoms with van der Waals surface area (Å²) >= 11 is 6.01. The Balaban J connectivity index is 2.03. The molecule has 0 aromatic heterocycles. The smallest absolute Gasteiger partial charge is 0.264 e. The van der Waals surface area contributed by atoms with Gasteiger partial charge in [0.1, 0.15) is 18.4 Å². The van der Waals surface area contributed by atoms with Crippen LogP contribution in [0.3, 0.4) is 0 Å². The number of anilines is 1. The van der Waals surface area contributed by atoms with Crippen molar-refractivity contribution in [1.29, 1.82) is 0 Å². The van der Waals surface area contributed by atoms with Gasteiger partial charge in [0.15, 0.2) is 0 Å². The molecule has 0 spiro atoms. The number of halogens is 2. The molecular weight excluding hydrogens is 529 g/mol. The lowest BCUT2D eigenvalue weighted by Crippen LogP contribution is -2.54. The molecule has 0 aliphatic carbocycles. The molecule has 7 nitrogen and oxygen atoms in total. The molecule has 3 rings (SSSR count). The van der Waals surface area contributed by atoms with Crippen molar-refractivity contribution in [2.75, 3.05) is 10.8 Å². The summed E-state index contributed by atoms with van der Waals surface area (Å²) < 4.78 is 42.9. The maximum Gasteiger partial charge on any atom is 0.264 e. The van der Waals surface area contributed by atoms with Crippen LogP contribution in [0.2, 0.25) is 5.02 Å². The normalized spacial score (nSPS) is 12.5. The van der Waals surface area contributed by atoms with Gasteiger partial charge in [-0.15, -0.1) is 0 Å². The molecule has 3 aromatic rings. The number of amides is 2. The Morgan fingerprint density at radius 2 is 1.53 bits per heavy atom. The van der Waals surface area contributed by atoms with E-state index in [-0.39, 0.29) is 22.7 Å². The van der Waals surface area contributed by atoms with Gasteiger partial charge in [-0.1, -0.05) is 48.0 Å². The summed E-state index contributed by atoms with van der Waals surface area (Å²) in [5.74, 6) is -1.68. The molecule has 0 radical (unpaired) electrons. The molecule has 10 heteroatoms. The van der Waals surface area contributed by atoms with Crippen LogP contribution in [0.1, 0.15) is 33.3 Å². The fourth-order valence-corrected chi connectivity index (χ4v) is 5.28. The minimum Gasteiger partial charge on any atom is -0.350 e. The predicted octanol–water partition coefficient (Wildman–Crippen LogP) is 5.01. The third kappa shape index (κ3) is 7.33. The summed E-state index contributed by atoms with van der Waals surface area (Å²) in [5, 5.41) is 3.22. The van der Waals surface area contributed by atoms with Crippen molar-refractivity contribution < 1.29 is 22.4 Å². The van der Waals surface area contributed by atoms with Crippen LogP contribution in [0, 0.1) is 5.82 Å². The number of nitrogens with zero attached hydrogens (tertiary/aromatic N) is 2. The van der Waals surface area contributed by atoms with Crippen LogP contribution in [0.15, 0.2) is 83.8 Å². The first-order chi connectivity index (χ1) is 17.8. The second-order valence-electron chi connectivity index (χ2n) is 9.83. The molecule has 0 bridgehead atoms. The van der Waals surface area contributed by atoms with Gasteiger partial charge in [-0.05, 0) is 70.2 Å². The number of benzene rings is 3. The van der Waals surface area contributed by atoms with Crippen molar-refractivity contribution in [2.24, 2.45) is 0 Å². The van der Waals surface area contributed by atoms with Gasteiger partial charge in [-0.25, -0.2) is 12.8 Å². The standard InChI is InChI=1S/C28H31ClFN3O4S/c1-20(27(35)31-28(2,3)4)32(18-21-10-8-9-13-25(21)30)26(34)19-33(23-16-14-22(29)15-17-23)38(36,37)24-11-6-5-7-12-24/h5-17,20H,18-19H2,1-4H3,(H,31,35). The van der Waals surface area contributed by atoms with E-state index < -0.39 is 45.8 Å².